The summed E-state index contributed by atoms with van der Waals surface area (Å²) >= 11 is 0. The topological polar surface area (TPSA) is 62.2 Å². The summed E-state index contributed by atoms with van der Waals surface area (Å²) in [5.41, 5.74) is 3.26. The van der Waals surface area contributed by atoms with Crippen molar-refractivity contribution in [1.82, 2.24) is 4.90 Å². The second-order valence-corrected chi connectivity index (χ2v) is 6.77. The molecule has 0 spiro atoms. The molecular formula is C19H25N3O3. The molecule has 2 aliphatic rings. The fraction of sp³-hybridized carbons (Fsp3) is 0.526. The van der Waals surface area contributed by atoms with Gasteiger partial charge < -0.3 is 9.64 Å². The average molecular weight is 343 g/mol. The van der Waals surface area contributed by atoms with E-state index in [9.17, 15) is 9.59 Å². The third-order valence-corrected chi connectivity index (χ3v) is 4.93. The van der Waals surface area contributed by atoms with Crippen molar-refractivity contribution in [1.29, 1.82) is 0 Å². The summed E-state index contributed by atoms with van der Waals surface area (Å²) in [4.78, 5) is 27.0. The molecule has 6 nitrogen and oxygen atoms in total. The monoisotopic (exact) mass is 343 g/mol. The van der Waals surface area contributed by atoms with Gasteiger partial charge in [0.05, 0.1) is 11.8 Å². The van der Waals surface area contributed by atoms with Crippen LogP contribution < -0.4 is 5.01 Å². The van der Waals surface area contributed by atoms with Crippen LogP contribution in [0.15, 0.2) is 23.3 Å². The minimum absolute atomic E-state index is 0.0580. The van der Waals surface area contributed by atoms with Gasteiger partial charge in [-0.1, -0.05) is 12.1 Å². The number of amides is 2. The van der Waals surface area contributed by atoms with E-state index < -0.39 is 0 Å². The highest BCUT2D eigenvalue weighted by atomic mass is 16.5. The van der Waals surface area contributed by atoms with Gasteiger partial charge >= 0.3 is 0 Å². The number of aryl methyl sites for hydroxylation is 2. The summed E-state index contributed by atoms with van der Waals surface area (Å²) in [7, 11) is 1.71. The Morgan fingerprint density at radius 2 is 1.92 bits per heavy atom. The third-order valence-electron chi connectivity index (χ3n) is 4.93. The molecule has 1 saturated heterocycles. The lowest BCUT2D eigenvalue weighted by atomic mass is 10.0. The second-order valence-electron chi connectivity index (χ2n) is 6.77. The number of likely N-dealkylation sites (tertiary alicyclic amines) is 1. The molecule has 0 aromatic heterocycles. The number of carbonyl (C=O) groups is 2. The van der Waals surface area contributed by atoms with Gasteiger partial charge in [0.15, 0.2) is 0 Å². The van der Waals surface area contributed by atoms with Crippen LogP contribution in [-0.2, 0) is 14.3 Å². The lowest BCUT2D eigenvalue weighted by Gasteiger charge is -2.33. The van der Waals surface area contributed by atoms with Crippen molar-refractivity contribution >= 4 is 23.2 Å². The van der Waals surface area contributed by atoms with Crippen molar-refractivity contribution in [2.45, 2.75) is 45.6 Å². The molecule has 0 aliphatic carbocycles. The Hall–Kier alpha value is -2.21. The van der Waals surface area contributed by atoms with E-state index in [0.717, 1.165) is 29.7 Å². The Morgan fingerprint density at radius 3 is 2.60 bits per heavy atom. The zero-order chi connectivity index (χ0) is 18.0. The number of anilines is 1. The van der Waals surface area contributed by atoms with Crippen molar-refractivity contribution in [2.24, 2.45) is 5.10 Å². The van der Waals surface area contributed by atoms with Gasteiger partial charge in [-0.15, -0.1) is 0 Å². The quantitative estimate of drug-likeness (QED) is 0.847. The highest BCUT2D eigenvalue weighted by Gasteiger charge is 2.30. The maximum Gasteiger partial charge on any atom is 0.270 e. The first-order chi connectivity index (χ1) is 12.0. The first-order valence-corrected chi connectivity index (χ1v) is 8.79. The highest BCUT2D eigenvalue weighted by molar-refractivity contribution is 6.40. The lowest BCUT2D eigenvalue weighted by molar-refractivity contribution is -0.126. The Kier molecular flexibility index (Phi) is 5.18. The summed E-state index contributed by atoms with van der Waals surface area (Å²) in [6.07, 6.45) is 2.63. The van der Waals surface area contributed by atoms with Crippen molar-refractivity contribution in [2.75, 3.05) is 25.2 Å². The van der Waals surface area contributed by atoms with Crippen LogP contribution in [0.4, 0.5) is 5.69 Å². The number of hydrazone groups is 1. The number of nitrogens with zero attached hydrogens (tertiary/aromatic N) is 3. The predicted octanol–water partition coefficient (Wildman–Crippen LogP) is 2.42. The van der Waals surface area contributed by atoms with E-state index >= 15 is 0 Å². The molecule has 2 heterocycles. The fourth-order valence-electron chi connectivity index (χ4n) is 3.32. The summed E-state index contributed by atoms with van der Waals surface area (Å²) in [5.74, 6) is -0.124. The van der Waals surface area contributed by atoms with E-state index in [2.05, 4.69) is 5.10 Å². The third kappa shape index (κ3) is 3.74. The van der Waals surface area contributed by atoms with Crippen LogP contribution in [0, 0.1) is 13.8 Å². The first kappa shape index (κ1) is 17.6. The maximum absolute atomic E-state index is 12.8. The number of ether oxygens (including phenoxy) is 1. The van der Waals surface area contributed by atoms with Gasteiger partial charge in [0.1, 0.15) is 5.71 Å². The Balaban J connectivity index is 1.81. The number of hydrogen-bond donors (Lipinski definition) is 0. The van der Waals surface area contributed by atoms with E-state index in [4.69, 9.17) is 4.74 Å². The standard InChI is InChI=1S/C19H25N3O3/c1-13-4-5-14(2)17(12-13)22-18(23)7-6-16(20-22)19(24)21-10-8-15(25-3)9-11-21/h4-5,12,15H,6-11H2,1-3H3. The van der Waals surface area contributed by atoms with Gasteiger partial charge in [-0.25, -0.2) is 5.01 Å². The molecule has 0 bridgehead atoms. The molecule has 0 saturated carbocycles. The van der Waals surface area contributed by atoms with E-state index in [-0.39, 0.29) is 17.9 Å². The number of benzene rings is 1. The van der Waals surface area contributed by atoms with Crippen LogP contribution in [0.1, 0.15) is 36.8 Å². The van der Waals surface area contributed by atoms with Gasteiger partial charge in [-0.2, -0.15) is 5.10 Å². The van der Waals surface area contributed by atoms with E-state index in [1.807, 2.05) is 36.9 Å². The van der Waals surface area contributed by atoms with Crippen LogP contribution in [-0.4, -0.2) is 48.7 Å². The van der Waals surface area contributed by atoms with Crippen LogP contribution in [0.25, 0.3) is 0 Å². The van der Waals surface area contributed by atoms with E-state index in [0.29, 0.717) is 31.6 Å². The normalized spacial score (nSPS) is 19.2. The number of piperidine rings is 1. The molecule has 0 atom stereocenters. The van der Waals surface area contributed by atoms with Gasteiger partial charge in [0.25, 0.3) is 5.91 Å². The molecule has 1 aromatic carbocycles. The molecule has 2 amide bonds. The molecule has 0 N–H and O–H groups in total. The van der Waals surface area contributed by atoms with Crippen LogP contribution in [0.3, 0.4) is 0 Å². The molecule has 0 radical (unpaired) electrons. The van der Waals surface area contributed by atoms with Crippen LogP contribution >= 0.6 is 0 Å². The Morgan fingerprint density at radius 1 is 1.20 bits per heavy atom. The molecular weight excluding hydrogens is 318 g/mol. The SMILES string of the molecule is COC1CCN(C(=O)C2=NN(c3cc(C)ccc3C)C(=O)CC2)CC1. The molecule has 6 heteroatoms. The number of rotatable bonds is 3. The average Bonchev–Trinajstić information content (AvgIpc) is 2.64. The van der Waals surface area contributed by atoms with Gasteiger partial charge in [-0.3, -0.25) is 9.59 Å². The van der Waals surface area contributed by atoms with Gasteiger partial charge in [0, 0.05) is 33.0 Å². The number of hydrogen-bond acceptors (Lipinski definition) is 4. The van der Waals surface area contributed by atoms with Crippen molar-refractivity contribution < 1.29 is 14.3 Å². The highest BCUT2D eigenvalue weighted by Crippen LogP contribution is 2.26. The maximum atomic E-state index is 12.8. The van der Waals surface area contributed by atoms with Gasteiger partial charge in [-0.05, 0) is 43.9 Å². The minimum Gasteiger partial charge on any atom is -0.381 e. The minimum atomic E-state index is -0.0664. The summed E-state index contributed by atoms with van der Waals surface area (Å²) in [6, 6.07) is 5.91. The molecule has 3 rings (SSSR count). The largest absolute Gasteiger partial charge is 0.381 e. The first-order valence-electron chi connectivity index (χ1n) is 8.79. The van der Waals surface area contributed by atoms with Crippen LogP contribution in [0.2, 0.25) is 0 Å². The summed E-state index contributed by atoms with van der Waals surface area (Å²) in [5, 5.41) is 5.83. The van der Waals surface area contributed by atoms with Crippen molar-refractivity contribution in [3.05, 3.63) is 29.3 Å². The predicted molar refractivity (Wildman–Crippen MR) is 96.7 cm³/mol. The number of methoxy groups -OCH3 is 1. The zero-order valence-corrected chi connectivity index (χ0v) is 15.1. The van der Waals surface area contributed by atoms with Crippen molar-refractivity contribution in [3.8, 4) is 0 Å². The van der Waals surface area contributed by atoms with Gasteiger partial charge in [0.2, 0.25) is 5.91 Å². The Bertz CT molecular complexity index is 706. The summed E-state index contributed by atoms with van der Waals surface area (Å²) < 4.78 is 5.36. The summed E-state index contributed by atoms with van der Waals surface area (Å²) in [6.45, 7) is 5.28. The zero-order valence-electron chi connectivity index (χ0n) is 15.1. The molecule has 1 fully saturated rings. The van der Waals surface area contributed by atoms with Crippen molar-refractivity contribution in [3.63, 3.8) is 0 Å². The molecule has 1 aromatic rings. The van der Waals surface area contributed by atoms with E-state index in [1.54, 1.807) is 7.11 Å². The Labute approximate surface area is 148 Å². The molecule has 2 aliphatic heterocycles. The second kappa shape index (κ2) is 7.35. The molecule has 0 unspecified atom stereocenters. The number of carbonyl (C=O) groups excluding carboxylic acids is 2. The fourth-order valence-corrected chi connectivity index (χ4v) is 3.32. The molecule has 25 heavy (non-hydrogen) atoms. The lowest BCUT2D eigenvalue weighted by Crippen LogP contribution is -2.46. The van der Waals surface area contributed by atoms with E-state index in [1.165, 1.54) is 5.01 Å². The van der Waals surface area contributed by atoms with Crippen LogP contribution in [0.5, 0.6) is 0 Å². The smallest absolute Gasteiger partial charge is 0.270 e. The molecule has 134 valence electrons.